The van der Waals surface area contributed by atoms with E-state index in [2.05, 4.69) is 21.9 Å². The van der Waals surface area contributed by atoms with Crippen LogP contribution in [0.5, 0.6) is 0 Å². The molecule has 138 valence electrons. The van der Waals surface area contributed by atoms with E-state index in [1.165, 1.54) is 17.6 Å². The normalized spacial score (nSPS) is 18.5. The van der Waals surface area contributed by atoms with Crippen LogP contribution in [-0.4, -0.2) is 65.3 Å². The number of aromatic nitrogens is 1. The lowest BCUT2D eigenvalue weighted by molar-refractivity contribution is -0.139. The van der Waals surface area contributed by atoms with Gasteiger partial charge in [0, 0.05) is 45.2 Å². The Morgan fingerprint density at radius 3 is 2.42 bits per heavy atom. The number of hydrogen-bond acceptors (Lipinski definition) is 6. The Labute approximate surface area is 157 Å². The van der Waals surface area contributed by atoms with E-state index in [0.29, 0.717) is 44.6 Å². The van der Waals surface area contributed by atoms with Gasteiger partial charge in [-0.3, -0.25) is 9.59 Å². The zero-order valence-corrected chi connectivity index (χ0v) is 15.8. The summed E-state index contributed by atoms with van der Waals surface area (Å²) in [5.74, 6) is 0.129. The summed E-state index contributed by atoms with van der Waals surface area (Å²) in [6.45, 7) is 9.35. The van der Waals surface area contributed by atoms with Gasteiger partial charge in [0.2, 0.25) is 11.8 Å². The highest BCUT2D eigenvalue weighted by atomic mass is 32.1. The first kappa shape index (κ1) is 18.4. The Hall–Kier alpha value is -2.40. The lowest BCUT2D eigenvalue weighted by Gasteiger charge is -2.38. The monoisotopic (exact) mass is 373 g/mol. The van der Waals surface area contributed by atoms with Crippen molar-refractivity contribution in [2.24, 2.45) is 5.92 Å². The standard InChI is InChI=1S/C18H23N5O2S/c1-3-16(24)21-6-4-14(5-7-21)17(25)22-8-10-23(11-9-22)18-15(12-19)13(2)20-26-18/h3,14H,1,4-11H2,2H3. The quantitative estimate of drug-likeness (QED) is 0.748. The number of piperazine rings is 1. The predicted octanol–water partition coefficient (Wildman–Crippen LogP) is 1.40. The topological polar surface area (TPSA) is 80.5 Å². The van der Waals surface area contributed by atoms with Crippen molar-refractivity contribution in [2.45, 2.75) is 19.8 Å². The van der Waals surface area contributed by atoms with Gasteiger partial charge in [0.1, 0.15) is 16.6 Å². The molecular formula is C18H23N5O2S. The highest BCUT2D eigenvalue weighted by Gasteiger charge is 2.32. The molecule has 0 N–H and O–H groups in total. The van der Waals surface area contributed by atoms with E-state index in [4.69, 9.17) is 0 Å². The number of aryl methyl sites for hydroxylation is 1. The Morgan fingerprint density at radius 2 is 1.85 bits per heavy atom. The third kappa shape index (κ3) is 3.58. The molecule has 7 nitrogen and oxygen atoms in total. The van der Waals surface area contributed by atoms with Crippen molar-refractivity contribution in [3.05, 3.63) is 23.9 Å². The predicted molar refractivity (Wildman–Crippen MR) is 99.9 cm³/mol. The number of amides is 2. The largest absolute Gasteiger partial charge is 0.358 e. The number of nitrogens with zero attached hydrogens (tertiary/aromatic N) is 5. The minimum Gasteiger partial charge on any atom is -0.358 e. The minimum absolute atomic E-state index is 0.00395. The zero-order valence-electron chi connectivity index (χ0n) is 15.0. The summed E-state index contributed by atoms with van der Waals surface area (Å²) in [6.07, 6.45) is 2.76. The van der Waals surface area contributed by atoms with E-state index in [1.54, 1.807) is 4.90 Å². The summed E-state index contributed by atoms with van der Waals surface area (Å²) >= 11 is 1.35. The smallest absolute Gasteiger partial charge is 0.245 e. The first-order valence-electron chi connectivity index (χ1n) is 8.86. The van der Waals surface area contributed by atoms with Gasteiger partial charge in [0.15, 0.2) is 0 Å². The molecule has 1 aromatic rings. The molecule has 0 unspecified atom stereocenters. The number of carbonyl (C=O) groups excluding carboxylic acids is 2. The van der Waals surface area contributed by atoms with Gasteiger partial charge in [-0.25, -0.2) is 0 Å². The lowest BCUT2D eigenvalue weighted by atomic mass is 9.95. The molecule has 0 bridgehead atoms. The fourth-order valence-corrected chi connectivity index (χ4v) is 4.46. The molecule has 0 radical (unpaired) electrons. The van der Waals surface area contributed by atoms with Gasteiger partial charge in [-0.15, -0.1) is 0 Å². The van der Waals surface area contributed by atoms with Crippen molar-refractivity contribution in [2.75, 3.05) is 44.2 Å². The molecule has 2 aliphatic heterocycles. The van der Waals surface area contributed by atoms with Gasteiger partial charge in [-0.2, -0.15) is 9.64 Å². The average Bonchev–Trinajstić information content (AvgIpc) is 3.07. The summed E-state index contributed by atoms with van der Waals surface area (Å²) in [5.41, 5.74) is 1.42. The Bertz CT molecular complexity index is 737. The molecule has 1 aromatic heterocycles. The van der Waals surface area contributed by atoms with Crippen molar-refractivity contribution in [1.82, 2.24) is 14.2 Å². The van der Waals surface area contributed by atoms with E-state index in [1.807, 2.05) is 11.8 Å². The number of likely N-dealkylation sites (tertiary alicyclic amines) is 1. The summed E-state index contributed by atoms with van der Waals surface area (Å²) in [6, 6.07) is 2.23. The Kier molecular flexibility index (Phi) is 5.57. The molecule has 8 heteroatoms. The molecule has 2 amide bonds. The SMILES string of the molecule is C=CC(=O)N1CCC(C(=O)N2CCN(c3snc(C)c3C#N)CC2)CC1. The van der Waals surface area contributed by atoms with Crippen molar-refractivity contribution in [3.8, 4) is 6.07 Å². The average molecular weight is 373 g/mol. The zero-order chi connectivity index (χ0) is 18.7. The molecule has 2 aliphatic rings. The maximum absolute atomic E-state index is 12.8. The number of nitriles is 1. The van der Waals surface area contributed by atoms with E-state index >= 15 is 0 Å². The summed E-state index contributed by atoms with van der Waals surface area (Å²) in [5, 5.41) is 10.2. The highest BCUT2D eigenvalue weighted by Crippen LogP contribution is 2.29. The molecule has 26 heavy (non-hydrogen) atoms. The summed E-state index contributed by atoms with van der Waals surface area (Å²) < 4.78 is 4.28. The van der Waals surface area contributed by atoms with E-state index in [-0.39, 0.29) is 17.7 Å². The fraction of sp³-hybridized carbons (Fsp3) is 0.556. The van der Waals surface area contributed by atoms with E-state index in [0.717, 1.165) is 23.8 Å². The van der Waals surface area contributed by atoms with Crippen LogP contribution < -0.4 is 4.90 Å². The fourth-order valence-electron chi connectivity index (χ4n) is 3.57. The van der Waals surface area contributed by atoms with Crippen LogP contribution in [0.1, 0.15) is 24.1 Å². The molecular weight excluding hydrogens is 350 g/mol. The van der Waals surface area contributed by atoms with Gasteiger partial charge in [0.05, 0.1) is 5.69 Å². The molecule has 2 saturated heterocycles. The van der Waals surface area contributed by atoms with Gasteiger partial charge < -0.3 is 14.7 Å². The number of rotatable bonds is 3. The van der Waals surface area contributed by atoms with Gasteiger partial charge in [-0.05, 0) is 37.4 Å². The number of carbonyl (C=O) groups is 2. The van der Waals surface area contributed by atoms with Crippen molar-refractivity contribution < 1.29 is 9.59 Å². The first-order valence-corrected chi connectivity index (χ1v) is 9.64. The lowest BCUT2D eigenvalue weighted by Crippen LogP contribution is -2.52. The van der Waals surface area contributed by atoms with Crippen LogP contribution in [0, 0.1) is 24.2 Å². The maximum Gasteiger partial charge on any atom is 0.245 e. The van der Waals surface area contributed by atoms with Crippen LogP contribution in [0.2, 0.25) is 0 Å². The van der Waals surface area contributed by atoms with Crippen molar-refractivity contribution in [1.29, 1.82) is 5.26 Å². The van der Waals surface area contributed by atoms with Crippen LogP contribution in [-0.2, 0) is 9.59 Å². The van der Waals surface area contributed by atoms with Crippen LogP contribution in [0.3, 0.4) is 0 Å². The van der Waals surface area contributed by atoms with Gasteiger partial charge in [-0.1, -0.05) is 6.58 Å². The Morgan fingerprint density at radius 1 is 1.19 bits per heavy atom. The first-order chi connectivity index (χ1) is 12.5. The molecule has 3 heterocycles. The summed E-state index contributed by atoms with van der Waals surface area (Å²) in [4.78, 5) is 30.3. The van der Waals surface area contributed by atoms with Crippen LogP contribution in [0.4, 0.5) is 5.00 Å². The van der Waals surface area contributed by atoms with E-state index < -0.39 is 0 Å². The van der Waals surface area contributed by atoms with Crippen molar-refractivity contribution in [3.63, 3.8) is 0 Å². The molecule has 0 aliphatic carbocycles. The van der Waals surface area contributed by atoms with Crippen LogP contribution in [0.15, 0.2) is 12.7 Å². The second-order valence-corrected chi connectivity index (χ2v) is 7.43. The van der Waals surface area contributed by atoms with Crippen molar-refractivity contribution >= 4 is 28.3 Å². The second kappa shape index (κ2) is 7.87. The minimum atomic E-state index is -0.0577. The summed E-state index contributed by atoms with van der Waals surface area (Å²) in [7, 11) is 0. The number of piperidine rings is 1. The van der Waals surface area contributed by atoms with Gasteiger partial charge >= 0.3 is 0 Å². The number of hydrogen-bond donors (Lipinski definition) is 0. The molecule has 2 fully saturated rings. The molecule has 0 aromatic carbocycles. The highest BCUT2D eigenvalue weighted by molar-refractivity contribution is 7.10. The molecule has 0 spiro atoms. The molecule has 3 rings (SSSR count). The van der Waals surface area contributed by atoms with Crippen LogP contribution >= 0.6 is 11.5 Å². The van der Waals surface area contributed by atoms with Crippen LogP contribution in [0.25, 0.3) is 0 Å². The third-order valence-corrected chi connectivity index (χ3v) is 6.17. The third-order valence-electron chi connectivity index (χ3n) is 5.17. The Balaban J connectivity index is 1.54. The van der Waals surface area contributed by atoms with Gasteiger partial charge in [0.25, 0.3) is 0 Å². The maximum atomic E-state index is 12.8. The van der Waals surface area contributed by atoms with E-state index in [9.17, 15) is 14.9 Å². The number of anilines is 1. The molecule has 0 atom stereocenters. The second-order valence-electron chi connectivity index (χ2n) is 6.68. The molecule has 0 saturated carbocycles.